The van der Waals surface area contributed by atoms with Crippen molar-refractivity contribution in [3.8, 4) is 5.75 Å². The van der Waals surface area contributed by atoms with Crippen molar-refractivity contribution >= 4 is 5.91 Å². The summed E-state index contributed by atoms with van der Waals surface area (Å²) < 4.78 is 5.29. The van der Waals surface area contributed by atoms with E-state index >= 15 is 0 Å². The Labute approximate surface area is 152 Å². The molecule has 4 nitrogen and oxygen atoms in total. The van der Waals surface area contributed by atoms with Crippen molar-refractivity contribution in [3.63, 3.8) is 0 Å². The molecule has 0 aliphatic heterocycles. The lowest BCUT2D eigenvalue weighted by molar-refractivity contribution is -0.120. The van der Waals surface area contributed by atoms with Gasteiger partial charge in [-0.15, -0.1) is 0 Å². The third-order valence-electron chi connectivity index (χ3n) is 5.25. The molecule has 2 rings (SSSR count). The Morgan fingerprint density at radius 2 is 1.92 bits per heavy atom. The zero-order valence-corrected chi connectivity index (χ0v) is 15.9. The lowest BCUT2D eigenvalue weighted by atomic mass is 9.94. The van der Waals surface area contributed by atoms with Crippen LogP contribution in [0, 0.1) is 0 Å². The maximum absolute atomic E-state index is 12.1. The lowest BCUT2D eigenvalue weighted by Crippen LogP contribution is -2.34. The molecule has 0 aromatic heterocycles. The first-order valence-corrected chi connectivity index (χ1v) is 9.79. The molecule has 0 heterocycles. The van der Waals surface area contributed by atoms with Gasteiger partial charge in [0.25, 0.3) is 0 Å². The fraction of sp³-hybridized carbons (Fsp3) is 0.667. The molecule has 1 aromatic rings. The van der Waals surface area contributed by atoms with Crippen LogP contribution in [0.1, 0.15) is 56.9 Å². The summed E-state index contributed by atoms with van der Waals surface area (Å²) in [5, 5.41) is 3.03. The third kappa shape index (κ3) is 7.07. The van der Waals surface area contributed by atoms with Gasteiger partial charge >= 0.3 is 0 Å². The first-order chi connectivity index (χ1) is 12.2. The van der Waals surface area contributed by atoms with E-state index in [1.807, 2.05) is 24.3 Å². The van der Waals surface area contributed by atoms with Crippen LogP contribution >= 0.6 is 0 Å². The molecule has 1 N–H and O–H groups in total. The van der Waals surface area contributed by atoms with Crippen LogP contribution in [0.2, 0.25) is 0 Å². The predicted octanol–water partition coefficient (Wildman–Crippen LogP) is 3.79. The molecule has 0 atom stereocenters. The Balaban J connectivity index is 1.54. The number of carbonyl (C=O) groups is 1. The number of nitrogens with one attached hydrogen (secondary N) is 1. The molecule has 0 spiro atoms. The van der Waals surface area contributed by atoms with E-state index < -0.39 is 0 Å². The van der Waals surface area contributed by atoms with Gasteiger partial charge < -0.3 is 15.0 Å². The molecule has 1 aromatic carbocycles. The van der Waals surface area contributed by atoms with E-state index in [1.54, 1.807) is 7.11 Å². The fourth-order valence-electron chi connectivity index (χ4n) is 3.68. The molecule has 1 saturated carbocycles. The highest BCUT2D eigenvalue weighted by Crippen LogP contribution is 2.21. The average Bonchev–Trinajstić information content (AvgIpc) is 2.65. The number of para-hydroxylation sites is 1. The van der Waals surface area contributed by atoms with Crippen LogP contribution in [0.25, 0.3) is 0 Å². The molecule has 0 radical (unpaired) electrons. The van der Waals surface area contributed by atoms with Gasteiger partial charge in [-0.25, -0.2) is 0 Å². The van der Waals surface area contributed by atoms with Crippen molar-refractivity contribution in [3.05, 3.63) is 29.8 Å². The number of benzene rings is 1. The quantitative estimate of drug-likeness (QED) is 0.655. The van der Waals surface area contributed by atoms with Crippen molar-refractivity contribution in [1.29, 1.82) is 0 Å². The summed E-state index contributed by atoms with van der Waals surface area (Å²) in [6.07, 6.45) is 10.8. The summed E-state index contributed by atoms with van der Waals surface area (Å²) in [5.74, 6) is 0.854. The van der Waals surface area contributed by atoms with Crippen LogP contribution in [-0.2, 0) is 11.2 Å². The Kier molecular flexibility index (Phi) is 8.81. The van der Waals surface area contributed by atoms with Crippen molar-refractivity contribution in [2.45, 2.75) is 63.8 Å². The Morgan fingerprint density at radius 1 is 1.16 bits per heavy atom. The van der Waals surface area contributed by atoms with Gasteiger partial charge in [0.1, 0.15) is 5.75 Å². The number of nitrogens with zero attached hydrogens (tertiary/aromatic N) is 1. The first kappa shape index (κ1) is 19.8. The topological polar surface area (TPSA) is 41.6 Å². The zero-order valence-electron chi connectivity index (χ0n) is 15.9. The molecule has 1 fully saturated rings. The molecular weight excluding hydrogens is 312 g/mol. The number of hydrogen-bond acceptors (Lipinski definition) is 3. The van der Waals surface area contributed by atoms with E-state index in [9.17, 15) is 4.79 Å². The van der Waals surface area contributed by atoms with Crippen molar-refractivity contribution in [2.75, 3.05) is 27.2 Å². The van der Waals surface area contributed by atoms with E-state index in [0.29, 0.717) is 6.42 Å². The number of rotatable bonds is 10. The van der Waals surface area contributed by atoms with Gasteiger partial charge in [-0.05, 0) is 45.3 Å². The van der Waals surface area contributed by atoms with Crippen LogP contribution in [0.15, 0.2) is 24.3 Å². The minimum Gasteiger partial charge on any atom is -0.496 e. The molecule has 1 amide bonds. The van der Waals surface area contributed by atoms with Gasteiger partial charge in [0.2, 0.25) is 5.91 Å². The van der Waals surface area contributed by atoms with Crippen LogP contribution in [0.4, 0.5) is 0 Å². The number of carbonyl (C=O) groups excluding carboxylic acids is 1. The van der Waals surface area contributed by atoms with E-state index in [-0.39, 0.29) is 5.91 Å². The highest BCUT2D eigenvalue weighted by atomic mass is 16.5. The maximum atomic E-state index is 12.1. The second-order valence-electron chi connectivity index (χ2n) is 7.17. The van der Waals surface area contributed by atoms with E-state index in [1.165, 1.54) is 51.5 Å². The summed E-state index contributed by atoms with van der Waals surface area (Å²) in [6.45, 7) is 1.95. The Morgan fingerprint density at radius 3 is 2.68 bits per heavy atom. The van der Waals surface area contributed by atoms with Crippen molar-refractivity contribution in [2.24, 2.45) is 0 Å². The van der Waals surface area contributed by atoms with Gasteiger partial charge in [-0.3, -0.25) is 4.79 Å². The van der Waals surface area contributed by atoms with Crippen LogP contribution < -0.4 is 10.1 Å². The van der Waals surface area contributed by atoms with Gasteiger partial charge in [-0.2, -0.15) is 0 Å². The Bertz CT molecular complexity index is 512. The van der Waals surface area contributed by atoms with Crippen molar-refractivity contribution < 1.29 is 9.53 Å². The molecule has 4 heteroatoms. The summed E-state index contributed by atoms with van der Waals surface area (Å²) in [7, 11) is 3.91. The number of amides is 1. The highest BCUT2D eigenvalue weighted by molar-refractivity contribution is 5.79. The second-order valence-corrected chi connectivity index (χ2v) is 7.17. The van der Waals surface area contributed by atoms with Gasteiger partial charge in [-0.1, -0.05) is 43.9 Å². The van der Waals surface area contributed by atoms with Gasteiger partial charge in [0.05, 0.1) is 13.5 Å². The van der Waals surface area contributed by atoms with Crippen LogP contribution in [0.3, 0.4) is 0 Å². The standard InChI is InChI=1S/C21H34N2O2/c1-23(19-12-5-3-6-13-19)16-10-4-9-15-22-21(24)17-18-11-7-8-14-20(18)25-2/h7-8,11,14,19H,3-6,9-10,12-13,15-17H2,1-2H3,(H,22,24). The number of methoxy groups -OCH3 is 1. The molecule has 1 aliphatic rings. The third-order valence-corrected chi connectivity index (χ3v) is 5.25. The Hall–Kier alpha value is -1.55. The van der Waals surface area contributed by atoms with E-state index in [4.69, 9.17) is 4.74 Å². The fourth-order valence-corrected chi connectivity index (χ4v) is 3.68. The van der Waals surface area contributed by atoms with E-state index in [0.717, 1.165) is 30.3 Å². The van der Waals surface area contributed by atoms with Crippen molar-refractivity contribution in [1.82, 2.24) is 10.2 Å². The monoisotopic (exact) mass is 346 g/mol. The highest BCUT2D eigenvalue weighted by Gasteiger charge is 2.17. The summed E-state index contributed by atoms with van der Waals surface area (Å²) >= 11 is 0. The van der Waals surface area contributed by atoms with Crippen LogP contribution in [-0.4, -0.2) is 44.1 Å². The zero-order chi connectivity index (χ0) is 17.9. The largest absolute Gasteiger partial charge is 0.496 e. The number of hydrogen-bond donors (Lipinski definition) is 1. The van der Waals surface area contributed by atoms with Crippen LogP contribution in [0.5, 0.6) is 5.75 Å². The molecule has 0 bridgehead atoms. The van der Waals surface area contributed by atoms with Gasteiger partial charge in [0, 0.05) is 18.2 Å². The van der Waals surface area contributed by atoms with Gasteiger partial charge in [0.15, 0.2) is 0 Å². The molecule has 140 valence electrons. The first-order valence-electron chi connectivity index (χ1n) is 9.79. The minimum atomic E-state index is 0.0730. The number of ether oxygens (including phenoxy) is 1. The smallest absolute Gasteiger partial charge is 0.224 e. The molecule has 1 aliphatic carbocycles. The normalized spacial score (nSPS) is 15.3. The molecule has 0 saturated heterocycles. The summed E-state index contributed by atoms with van der Waals surface area (Å²) in [6, 6.07) is 8.50. The lowest BCUT2D eigenvalue weighted by Gasteiger charge is -2.31. The average molecular weight is 347 g/mol. The summed E-state index contributed by atoms with van der Waals surface area (Å²) in [4.78, 5) is 14.6. The SMILES string of the molecule is COc1ccccc1CC(=O)NCCCCCN(C)C1CCCCC1. The maximum Gasteiger partial charge on any atom is 0.224 e. The molecular formula is C21H34N2O2. The minimum absolute atomic E-state index is 0.0730. The summed E-state index contributed by atoms with van der Waals surface area (Å²) in [5.41, 5.74) is 0.941. The molecule has 0 unspecified atom stereocenters. The number of unbranched alkanes of at least 4 members (excludes halogenated alkanes) is 2. The predicted molar refractivity (Wildman–Crippen MR) is 103 cm³/mol. The second kappa shape index (κ2) is 11.1. The molecule has 25 heavy (non-hydrogen) atoms. The van der Waals surface area contributed by atoms with E-state index in [2.05, 4.69) is 17.3 Å².